The summed E-state index contributed by atoms with van der Waals surface area (Å²) >= 11 is 0. The van der Waals surface area contributed by atoms with E-state index in [2.05, 4.69) is 12.2 Å². The fourth-order valence-corrected chi connectivity index (χ4v) is 0.858. The third-order valence-corrected chi connectivity index (χ3v) is 1.59. The van der Waals surface area contributed by atoms with Crippen LogP contribution in [-0.2, 0) is 0 Å². The summed E-state index contributed by atoms with van der Waals surface area (Å²) in [6.45, 7) is 3.27. The van der Waals surface area contributed by atoms with E-state index in [0.29, 0.717) is 5.92 Å². The van der Waals surface area contributed by atoms with Gasteiger partial charge in [0.1, 0.15) is 0 Å². The predicted molar refractivity (Wildman–Crippen MR) is 29.8 cm³/mol. The van der Waals surface area contributed by atoms with Crippen LogP contribution in [0.5, 0.6) is 0 Å². The Morgan fingerprint density at radius 3 is 2.57 bits per heavy atom. The van der Waals surface area contributed by atoms with E-state index >= 15 is 0 Å². The van der Waals surface area contributed by atoms with Gasteiger partial charge in [0.25, 0.3) is 0 Å². The van der Waals surface area contributed by atoms with Crippen molar-refractivity contribution in [2.75, 3.05) is 6.54 Å². The molecule has 0 spiro atoms. The lowest BCUT2D eigenvalue weighted by Crippen LogP contribution is -2.34. The average Bonchev–Trinajstić information content (AvgIpc) is 1.91. The van der Waals surface area contributed by atoms with Gasteiger partial charge in [-0.15, -0.1) is 0 Å². The third kappa shape index (κ3) is 0.924. The van der Waals surface area contributed by atoms with Crippen molar-refractivity contribution in [3.8, 4) is 0 Å². The lowest BCUT2D eigenvalue weighted by atomic mass is 10.1. The van der Waals surface area contributed by atoms with E-state index in [0.717, 1.165) is 6.54 Å². The quantitative estimate of drug-likeness (QED) is 0.446. The van der Waals surface area contributed by atoms with E-state index in [4.69, 9.17) is 5.73 Å². The minimum Gasteiger partial charge on any atom is -0.316 e. The first kappa shape index (κ1) is 5.06. The van der Waals surface area contributed by atoms with Gasteiger partial charge in [0.15, 0.2) is 0 Å². The number of nitrogens with one attached hydrogen (secondary N) is 1. The Morgan fingerprint density at radius 2 is 2.43 bits per heavy atom. The molecular weight excluding hydrogens is 88.1 g/mol. The summed E-state index contributed by atoms with van der Waals surface area (Å²) in [5, 5.41) is 3.15. The van der Waals surface area contributed by atoms with Crippen LogP contribution in [-0.4, -0.2) is 12.7 Å². The lowest BCUT2D eigenvalue weighted by molar-refractivity contribution is 0.498. The van der Waals surface area contributed by atoms with E-state index in [1.807, 2.05) is 0 Å². The topological polar surface area (TPSA) is 38.0 Å². The molecule has 1 rings (SSSR count). The highest BCUT2D eigenvalue weighted by Crippen LogP contribution is 2.08. The molecule has 0 aromatic heterocycles. The molecule has 2 nitrogen and oxygen atoms in total. The second-order valence-corrected chi connectivity index (χ2v) is 2.25. The van der Waals surface area contributed by atoms with E-state index in [1.54, 1.807) is 0 Å². The van der Waals surface area contributed by atoms with Gasteiger partial charge < -0.3 is 11.1 Å². The maximum absolute atomic E-state index is 5.57. The molecule has 1 aliphatic rings. The van der Waals surface area contributed by atoms with Crippen molar-refractivity contribution in [3.63, 3.8) is 0 Å². The molecule has 0 amide bonds. The van der Waals surface area contributed by atoms with E-state index in [9.17, 15) is 0 Å². The Kier molecular flexibility index (Phi) is 1.30. The summed E-state index contributed by atoms with van der Waals surface area (Å²) in [7, 11) is 0. The molecule has 3 N–H and O–H groups in total. The molecule has 2 atom stereocenters. The number of nitrogens with two attached hydrogens (primary N) is 1. The van der Waals surface area contributed by atoms with Crippen LogP contribution in [0.3, 0.4) is 0 Å². The molecule has 1 saturated heterocycles. The summed E-state index contributed by atoms with van der Waals surface area (Å²) in [5.74, 6) is 0.681. The first-order valence-corrected chi connectivity index (χ1v) is 2.79. The van der Waals surface area contributed by atoms with Gasteiger partial charge in [-0.05, 0) is 18.9 Å². The highest BCUT2D eigenvalue weighted by atomic mass is 15.1. The van der Waals surface area contributed by atoms with Crippen molar-refractivity contribution >= 4 is 0 Å². The van der Waals surface area contributed by atoms with E-state index < -0.39 is 0 Å². The zero-order valence-electron chi connectivity index (χ0n) is 4.65. The maximum Gasteiger partial charge on any atom is 0.0573 e. The van der Waals surface area contributed by atoms with Gasteiger partial charge in [0.2, 0.25) is 0 Å². The van der Waals surface area contributed by atoms with Gasteiger partial charge >= 0.3 is 0 Å². The largest absolute Gasteiger partial charge is 0.316 e. The smallest absolute Gasteiger partial charge is 0.0573 e. The highest BCUT2D eigenvalue weighted by molar-refractivity contribution is 4.74. The Bertz CT molecular complexity index is 55.1. The van der Waals surface area contributed by atoms with Crippen LogP contribution in [0.1, 0.15) is 13.3 Å². The lowest BCUT2D eigenvalue weighted by Gasteiger charge is -2.06. The average molecular weight is 100 g/mol. The van der Waals surface area contributed by atoms with Crippen LogP contribution < -0.4 is 11.1 Å². The van der Waals surface area contributed by atoms with Crippen LogP contribution in [0.4, 0.5) is 0 Å². The van der Waals surface area contributed by atoms with Crippen molar-refractivity contribution in [3.05, 3.63) is 0 Å². The van der Waals surface area contributed by atoms with Crippen molar-refractivity contribution in [1.29, 1.82) is 0 Å². The summed E-state index contributed by atoms with van der Waals surface area (Å²) in [6, 6.07) is 0. The zero-order valence-corrected chi connectivity index (χ0v) is 4.65. The third-order valence-electron chi connectivity index (χ3n) is 1.59. The first-order valence-electron chi connectivity index (χ1n) is 2.79. The molecule has 0 aromatic carbocycles. The summed E-state index contributed by atoms with van der Waals surface area (Å²) in [5.41, 5.74) is 5.57. The maximum atomic E-state index is 5.57. The first-order chi connectivity index (χ1) is 3.30. The van der Waals surface area contributed by atoms with Crippen LogP contribution >= 0.6 is 0 Å². The molecule has 7 heavy (non-hydrogen) atoms. The molecule has 0 radical (unpaired) electrons. The fourth-order valence-electron chi connectivity index (χ4n) is 0.858. The van der Waals surface area contributed by atoms with Gasteiger partial charge in [0.05, 0.1) is 6.17 Å². The second-order valence-electron chi connectivity index (χ2n) is 2.25. The normalized spacial score (nSPS) is 42.0. The van der Waals surface area contributed by atoms with Crippen LogP contribution in [0.25, 0.3) is 0 Å². The van der Waals surface area contributed by atoms with E-state index in [1.165, 1.54) is 6.42 Å². The monoisotopic (exact) mass is 100 g/mol. The SMILES string of the molecule is CC1CCNC1N. The molecule has 2 unspecified atom stereocenters. The summed E-state index contributed by atoms with van der Waals surface area (Å²) < 4.78 is 0. The molecule has 1 aliphatic heterocycles. The number of rotatable bonds is 0. The molecule has 1 fully saturated rings. The molecule has 0 aromatic rings. The molecule has 0 aliphatic carbocycles. The minimum atomic E-state index is 0.264. The molecule has 0 saturated carbocycles. The zero-order chi connectivity index (χ0) is 5.28. The molecule has 2 heteroatoms. The van der Waals surface area contributed by atoms with Crippen molar-refractivity contribution in [2.24, 2.45) is 11.7 Å². The Morgan fingerprint density at radius 1 is 1.71 bits per heavy atom. The number of hydrogen-bond donors (Lipinski definition) is 2. The van der Waals surface area contributed by atoms with Crippen molar-refractivity contribution in [1.82, 2.24) is 5.32 Å². The summed E-state index contributed by atoms with van der Waals surface area (Å²) in [4.78, 5) is 0. The molecule has 0 bridgehead atoms. The van der Waals surface area contributed by atoms with Crippen LogP contribution in [0, 0.1) is 5.92 Å². The molecule has 1 heterocycles. The standard InChI is InChI=1S/C5H12N2/c1-4-2-3-7-5(4)6/h4-5,7H,2-3,6H2,1H3. The van der Waals surface area contributed by atoms with Crippen LogP contribution in [0.15, 0.2) is 0 Å². The van der Waals surface area contributed by atoms with Gasteiger partial charge in [-0.2, -0.15) is 0 Å². The Hall–Kier alpha value is -0.0800. The van der Waals surface area contributed by atoms with Crippen molar-refractivity contribution < 1.29 is 0 Å². The fraction of sp³-hybridized carbons (Fsp3) is 1.00. The molecule has 42 valence electrons. The Balaban J connectivity index is 2.33. The predicted octanol–water partition coefficient (Wildman–Crippen LogP) is -0.0994. The second kappa shape index (κ2) is 1.80. The van der Waals surface area contributed by atoms with E-state index in [-0.39, 0.29) is 6.17 Å². The summed E-state index contributed by atoms with van der Waals surface area (Å²) in [6.07, 6.45) is 1.50. The Labute approximate surface area is 44.1 Å². The van der Waals surface area contributed by atoms with Gasteiger partial charge in [-0.1, -0.05) is 6.92 Å². The number of hydrogen-bond acceptors (Lipinski definition) is 2. The van der Waals surface area contributed by atoms with Gasteiger partial charge in [-0.25, -0.2) is 0 Å². The molecular formula is C5H12N2. The highest BCUT2D eigenvalue weighted by Gasteiger charge is 2.17. The minimum absolute atomic E-state index is 0.264. The van der Waals surface area contributed by atoms with Gasteiger partial charge in [-0.3, -0.25) is 0 Å². The van der Waals surface area contributed by atoms with Crippen molar-refractivity contribution in [2.45, 2.75) is 19.5 Å². The van der Waals surface area contributed by atoms with Crippen LogP contribution in [0.2, 0.25) is 0 Å². The van der Waals surface area contributed by atoms with Gasteiger partial charge in [0, 0.05) is 0 Å².